The Morgan fingerprint density at radius 1 is 0.897 bits per heavy atom. The van der Waals surface area contributed by atoms with Crippen molar-refractivity contribution in [2.24, 2.45) is 0 Å². The van der Waals surface area contributed by atoms with Crippen LogP contribution in [0.1, 0.15) is 49.8 Å². The van der Waals surface area contributed by atoms with Crippen LogP contribution in [0.3, 0.4) is 0 Å². The first-order valence-corrected chi connectivity index (χ1v) is 10.7. The molecule has 4 nitrogen and oxygen atoms in total. The third-order valence-electron chi connectivity index (χ3n) is 6.86. The molecule has 0 aliphatic carbocycles. The third kappa shape index (κ3) is 2.58. The fourth-order valence-electron chi connectivity index (χ4n) is 5.41. The van der Waals surface area contributed by atoms with E-state index in [1.165, 1.54) is 28.1 Å². The topological polar surface area (TPSA) is 32.3 Å². The molecule has 0 saturated carbocycles. The number of aryl methyl sites for hydroxylation is 2. The number of nitrogens with zero attached hydrogens (tertiary/aromatic N) is 4. The van der Waals surface area contributed by atoms with Crippen molar-refractivity contribution in [1.82, 2.24) is 9.97 Å². The number of hydrogen-bond acceptors (Lipinski definition) is 4. The normalized spacial score (nSPS) is 19.0. The Morgan fingerprint density at radius 3 is 2.17 bits per heavy atom. The molecule has 4 heteroatoms. The molecule has 148 valence electrons. The van der Waals surface area contributed by atoms with E-state index < -0.39 is 0 Å². The summed E-state index contributed by atoms with van der Waals surface area (Å²) < 4.78 is 0. The number of aromatic nitrogens is 2. The van der Waals surface area contributed by atoms with Crippen LogP contribution >= 0.6 is 0 Å². The molecule has 0 amide bonds. The summed E-state index contributed by atoms with van der Waals surface area (Å²) in [7, 11) is 0. The average Bonchev–Trinajstić information content (AvgIpc) is 3.06. The molecular formula is C25H28N4. The molecule has 2 aromatic carbocycles. The smallest absolute Gasteiger partial charge is 0.178 e. The molecule has 0 N–H and O–H groups in total. The van der Waals surface area contributed by atoms with Gasteiger partial charge in [-0.3, -0.25) is 0 Å². The highest BCUT2D eigenvalue weighted by Crippen LogP contribution is 2.55. The van der Waals surface area contributed by atoms with E-state index in [4.69, 9.17) is 9.97 Å². The zero-order valence-corrected chi connectivity index (χ0v) is 17.7. The van der Waals surface area contributed by atoms with Gasteiger partial charge in [-0.15, -0.1) is 0 Å². The van der Waals surface area contributed by atoms with Gasteiger partial charge in [0.15, 0.2) is 11.6 Å². The van der Waals surface area contributed by atoms with Crippen molar-refractivity contribution < 1.29 is 0 Å². The maximum Gasteiger partial charge on any atom is 0.178 e. The Labute approximate surface area is 173 Å². The largest absolute Gasteiger partial charge is 0.302 e. The minimum Gasteiger partial charge on any atom is -0.302 e. The second-order valence-electron chi connectivity index (χ2n) is 8.48. The van der Waals surface area contributed by atoms with E-state index >= 15 is 0 Å². The maximum absolute atomic E-state index is 4.79. The molecular weight excluding hydrogens is 356 g/mol. The van der Waals surface area contributed by atoms with E-state index in [9.17, 15) is 0 Å². The number of anilines is 4. The van der Waals surface area contributed by atoms with Crippen molar-refractivity contribution in [3.05, 3.63) is 71.5 Å². The Bertz CT molecular complexity index is 1050. The second kappa shape index (κ2) is 6.58. The standard InChI is InChI=1S/C25H28N4/c1-5-25(6-2)16-22-28(19-14-17(3)13-18(4)15-19)23-24(27-12-11-26-23)29(22)21-10-8-7-9-20(21)25/h7-15,22H,5-6,16H2,1-4H3. The van der Waals surface area contributed by atoms with Crippen molar-refractivity contribution in [1.29, 1.82) is 0 Å². The zero-order chi connectivity index (χ0) is 20.2. The highest BCUT2D eigenvalue weighted by molar-refractivity contribution is 5.86. The van der Waals surface area contributed by atoms with E-state index in [1.807, 2.05) is 12.4 Å². The molecule has 0 fully saturated rings. The maximum atomic E-state index is 4.79. The first kappa shape index (κ1) is 18.2. The van der Waals surface area contributed by atoms with Gasteiger partial charge < -0.3 is 9.80 Å². The SMILES string of the molecule is CCC1(CC)CC2N(c3cc(C)cc(C)c3)c3nccnc3N2c2ccccc21. The monoisotopic (exact) mass is 384 g/mol. The third-order valence-corrected chi connectivity index (χ3v) is 6.86. The fraction of sp³-hybridized carbons (Fsp3) is 0.360. The first-order chi connectivity index (χ1) is 14.1. The highest BCUT2D eigenvalue weighted by atomic mass is 15.5. The Morgan fingerprint density at radius 2 is 1.52 bits per heavy atom. The van der Waals surface area contributed by atoms with Gasteiger partial charge in [0.1, 0.15) is 6.17 Å². The molecule has 5 rings (SSSR count). The lowest BCUT2D eigenvalue weighted by molar-refractivity contribution is 0.322. The van der Waals surface area contributed by atoms with E-state index in [-0.39, 0.29) is 11.6 Å². The van der Waals surface area contributed by atoms with E-state index in [0.717, 1.165) is 30.9 Å². The summed E-state index contributed by atoms with van der Waals surface area (Å²) in [4.78, 5) is 14.4. The van der Waals surface area contributed by atoms with Gasteiger partial charge in [-0.1, -0.05) is 38.1 Å². The molecule has 2 aliphatic rings. The molecule has 0 bridgehead atoms. The van der Waals surface area contributed by atoms with Crippen LogP contribution in [0.5, 0.6) is 0 Å². The lowest BCUT2D eigenvalue weighted by Gasteiger charge is -2.47. The van der Waals surface area contributed by atoms with Crippen LogP contribution in [0.4, 0.5) is 23.0 Å². The predicted octanol–water partition coefficient (Wildman–Crippen LogP) is 6.17. The molecule has 2 aliphatic heterocycles. The van der Waals surface area contributed by atoms with Gasteiger partial charge in [0.05, 0.1) is 0 Å². The molecule has 1 aromatic heterocycles. The number of fused-ring (bicyclic) bond motifs is 5. The van der Waals surface area contributed by atoms with Crippen LogP contribution < -0.4 is 9.80 Å². The fourth-order valence-corrected chi connectivity index (χ4v) is 5.41. The minimum atomic E-state index is 0.164. The minimum absolute atomic E-state index is 0.164. The Balaban J connectivity index is 1.76. The first-order valence-electron chi connectivity index (χ1n) is 10.7. The van der Waals surface area contributed by atoms with Gasteiger partial charge in [0, 0.05) is 29.2 Å². The highest BCUT2D eigenvalue weighted by Gasteiger charge is 2.49. The average molecular weight is 385 g/mol. The lowest BCUT2D eigenvalue weighted by Crippen LogP contribution is -2.48. The van der Waals surface area contributed by atoms with Crippen molar-refractivity contribution in [3.8, 4) is 0 Å². The van der Waals surface area contributed by atoms with Crippen LogP contribution in [0.15, 0.2) is 54.9 Å². The molecule has 0 spiro atoms. The van der Waals surface area contributed by atoms with Crippen molar-refractivity contribution in [2.75, 3.05) is 9.80 Å². The van der Waals surface area contributed by atoms with Gasteiger partial charge in [-0.05, 0) is 68.0 Å². The second-order valence-corrected chi connectivity index (χ2v) is 8.48. The number of benzene rings is 2. The molecule has 3 aromatic rings. The zero-order valence-electron chi connectivity index (χ0n) is 17.7. The quantitative estimate of drug-likeness (QED) is 0.540. The number of para-hydroxylation sites is 1. The predicted molar refractivity (Wildman–Crippen MR) is 119 cm³/mol. The molecule has 0 radical (unpaired) electrons. The summed E-state index contributed by atoms with van der Waals surface area (Å²) in [6.45, 7) is 8.99. The van der Waals surface area contributed by atoms with E-state index in [2.05, 4.69) is 80.0 Å². The van der Waals surface area contributed by atoms with E-state index in [0.29, 0.717) is 0 Å². The van der Waals surface area contributed by atoms with Crippen LogP contribution in [-0.4, -0.2) is 16.1 Å². The van der Waals surface area contributed by atoms with Crippen molar-refractivity contribution >= 4 is 23.0 Å². The van der Waals surface area contributed by atoms with Crippen LogP contribution in [0.25, 0.3) is 0 Å². The Hall–Kier alpha value is -2.88. The van der Waals surface area contributed by atoms with Gasteiger partial charge in [0.25, 0.3) is 0 Å². The molecule has 29 heavy (non-hydrogen) atoms. The molecule has 0 saturated heterocycles. The summed E-state index contributed by atoms with van der Waals surface area (Å²) >= 11 is 0. The lowest BCUT2D eigenvalue weighted by atomic mass is 9.69. The van der Waals surface area contributed by atoms with Crippen LogP contribution in [0.2, 0.25) is 0 Å². The molecule has 1 atom stereocenters. The number of hydrogen-bond donors (Lipinski definition) is 0. The summed E-state index contributed by atoms with van der Waals surface area (Å²) in [5.41, 5.74) is 6.64. The summed E-state index contributed by atoms with van der Waals surface area (Å²) in [5.74, 6) is 1.92. The van der Waals surface area contributed by atoms with E-state index in [1.54, 1.807) is 0 Å². The van der Waals surface area contributed by atoms with Gasteiger partial charge in [0.2, 0.25) is 0 Å². The summed E-state index contributed by atoms with van der Waals surface area (Å²) in [5, 5.41) is 0. The Kier molecular flexibility index (Phi) is 4.12. The van der Waals surface area contributed by atoms with Crippen LogP contribution in [0, 0.1) is 13.8 Å². The molecule has 1 unspecified atom stereocenters. The van der Waals surface area contributed by atoms with Gasteiger partial charge in [-0.25, -0.2) is 9.97 Å². The summed E-state index contributed by atoms with van der Waals surface area (Å²) in [6.07, 6.45) is 7.12. The molecule has 3 heterocycles. The van der Waals surface area contributed by atoms with Gasteiger partial charge in [-0.2, -0.15) is 0 Å². The van der Waals surface area contributed by atoms with Crippen molar-refractivity contribution in [2.45, 2.75) is 58.5 Å². The number of rotatable bonds is 3. The summed E-state index contributed by atoms with van der Waals surface area (Å²) in [6, 6.07) is 15.7. The van der Waals surface area contributed by atoms with Crippen molar-refractivity contribution in [3.63, 3.8) is 0 Å². The van der Waals surface area contributed by atoms with Crippen LogP contribution in [-0.2, 0) is 5.41 Å². The van der Waals surface area contributed by atoms with Gasteiger partial charge >= 0.3 is 0 Å².